The summed E-state index contributed by atoms with van der Waals surface area (Å²) in [6.07, 6.45) is 7.45. The van der Waals surface area contributed by atoms with E-state index >= 15 is 0 Å². The third kappa shape index (κ3) is 5.02. The van der Waals surface area contributed by atoms with Crippen LogP contribution in [0.15, 0.2) is 59.7 Å². The zero-order valence-electron chi connectivity index (χ0n) is 17.6. The molecule has 2 amide bonds. The minimum atomic E-state index is -0.793. The Hall–Kier alpha value is -4.58. The summed E-state index contributed by atoms with van der Waals surface area (Å²) in [5.41, 5.74) is 6.70. The number of ether oxygens (including phenoxy) is 1. The van der Waals surface area contributed by atoms with Crippen LogP contribution in [0.2, 0.25) is 0 Å². The molecule has 4 aromatic rings. The van der Waals surface area contributed by atoms with Gasteiger partial charge in [0.05, 0.1) is 30.4 Å². The van der Waals surface area contributed by atoms with Crippen molar-refractivity contribution in [1.82, 2.24) is 24.7 Å². The van der Waals surface area contributed by atoms with Gasteiger partial charge in [0.15, 0.2) is 11.4 Å². The Morgan fingerprint density at radius 2 is 2.15 bits per heavy atom. The average molecular weight is 448 g/mol. The lowest BCUT2D eigenvalue weighted by atomic mass is 10.2. The number of pyridine rings is 2. The van der Waals surface area contributed by atoms with Crippen molar-refractivity contribution in [3.8, 4) is 17.1 Å². The van der Waals surface area contributed by atoms with Crippen LogP contribution in [-0.4, -0.2) is 56.8 Å². The molecule has 4 N–H and O–H groups in total. The van der Waals surface area contributed by atoms with E-state index in [4.69, 9.17) is 14.9 Å². The van der Waals surface area contributed by atoms with Gasteiger partial charge in [-0.25, -0.2) is 14.6 Å². The van der Waals surface area contributed by atoms with Crippen LogP contribution in [0, 0.1) is 0 Å². The van der Waals surface area contributed by atoms with Gasteiger partial charge in [0.1, 0.15) is 12.1 Å². The van der Waals surface area contributed by atoms with Crippen LogP contribution in [0.1, 0.15) is 21.0 Å². The number of anilines is 2. The number of hydrogen-bond acceptors (Lipinski definition) is 9. The number of methoxy groups -OCH3 is 1. The van der Waals surface area contributed by atoms with Crippen molar-refractivity contribution in [3.05, 3.63) is 66.7 Å². The van der Waals surface area contributed by atoms with Crippen molar-refractivity contribution in [1.29, 1.82) is 0 Å². The molecular formula is C21H20N8O4. The lowest BCUT2D eigenvalue weighted by molar-refractivity contribution is 0.0996. The maximum Gasteiger partial charge on any atom is 0.277 e. The van der Waals surface area contributed by atoms with Crippen LogP contribution in [0.4, 0.5) is 11.5 Å². The molecule has 0 radical (unpaired) electrons. The van der Waals surface area contributed by atoms with Gasteiger partial charge in [-0.05, 0) is 24.3 Å². The van der Waals surface area contributed by atoms with Gasteiger partial charge in [0.25, 0.3) is 11.8 Å². The Bertz CT molecular complexity index is 1270. The molecule has 0 fully saturated rings. The molecule has 0 atom stereocenters. The number of amides is 2. The molecule has 4 rings (SSSR count). The first-order valence-corrected chi connectivity index (χ1v) is 9.81. The molecule has 0 aliphatic carbocycles. The predicted octanol–water partition coefficient (Wildman–Crippen LogP) is 1.73. The summed E-state index contributed by atoms with van der Waals surface area (Å²) < 4.78 is 11.9. The van der Waals surface area contributed by atoms with Crippen molar-refractivity contribution in [2.75, 3.05) is 30.9 Å². The van der Waals surface area contributed by atoms with Gasteiger partial charge in [0.2, 0.25) is 5.89 Å². The summed E-state index contributed by atoms with van der Waals surface area (Å²) in [6, 6.07) is 6.91. The highest BCUT2D eigenvalue weighted by molar-refractivity contribution is 6.07. The van der Waals surface area contributed by atoms with E-state index in [1.807, 2.05) is 0 Å². The van der Waals surface area contributed by atoms with E-state index in [1.54, 1.807) is 50.0 Å². The average Bonchev–Trinajstić information content (AvgIpc) is 3.48. The van der Waals surface area contributed by atoms with Gasteiger partial charge in [-0.2, -0.15) is 5.10 Å². The van der Waals surface area contributed by atoms with Gasteiger partial charge >= 0.3 is 0 Å². The molecule has 0 spiro atoms. The van der Waals surface area contributed by atoms with E-state index in [9.17, 15) is 9.59 Å². The Morgan fingerprint density at radius 3 is 2.91 bits per heavy atom. The van der Waals surface area contributed by atoms with Crippen molar-refractivity contribution in [3.63, 3.8) is 0 Å². The number of aromatic nitrogens is 5. The van der Waals surface area contributed by atoms with Crippen LogP contribution in [0.5, 0.6) is 0 Å². The molecule has 0 bridgehead atoms. The molecule has 33 heavy (non-hydrogen) atoms. The largest absolute Gasteiger partial charge is 0.444 e. The fourth-order valence-electron chi connectivity index (χ4n) is 2.91. The first-order valence-electron chi connectivity index (χ1n) is 9.81. The number of rotatable bonds is 9. The first kappa shape index (κ1) is 21.6. The SMILES string of the molecule is COCCNc1cc(-c2nc(C(=O)Nc3cn(-c4cccnc4)nc3C(N)=O)co2)ccn1. The zero-order valence-corrected chi connectivity index (χ0v) is 17.6. The van der Waals surface area contributed by atoms with Crippen LogP contribution in [0.25, 0.3) is 17.1 Å². The predicted molar refractivity (Wildman–Crippen MR) is 118 cm³/mol. The molecule has 0 unspecified atom stereocenters. The highest BCUT2D eigenvalue weighted by Crippen LogP contribution is 2.22. The van der Waals surface area contributed by atoms with Crippen molar-refractivity contribution >= 4 is 23.3 Å². The molecule has 4 aromatic heterocycles. The molecule has 0 aromatic carbocycles. The highest BCUT2D eigenvalue weighted by atomic mass is 16.5. The molecule has 12 heteroatoms. The topological polar surface area (TPSA) is 163 Å². The fourth-order valence-corrected chi connectivity index (χ4v) is 2.91. The number of oxazole rings is 1. The summed E-state index contributed by atoms with van der Waals surface area (Å²) in [5, 5.41) is 9.85. The molecule has 12 nitrogen and oxygen atoms in total. The minimum Gasteiger partial charge on any atom is -0.444 e. The standard InChI is InChI=1S/C21H20N8O4/c1-32-8-7-25-17-9-13(4-6-24-17)21-27-16(12-33-21)20(31)26-15-11-29(28-18(15)19(22)30)14-3-2-5-23-10-14/h2-6,9-12H,7-8H2,1H3,(H2,22,30)(H,24,25)(H,26,31). The number of carbonyl (C=O) groups is 2. The van der Waals surface area contributed by atoms with Gasteiger partial charge in [-0.1, -0.05) is 0 Å². The summed E-state index contributed by atoms with van der Waals surface area (Å²) in [7, 11) is 1.61. The lowest BCUT2D eigenvalue weighted by Crippen LogP contribution is -2.18. The number of nitrogens with zero attached hydrogens (tertiary/aromatic N) is 5. The lowest BCUT2D eigenvalue weighted by Gasteiger charge is -2.05. The summed E-state index contributed by atoms with van der Waals surface area (Å²) >= 11 is 0. The van der Waals surface area contributed by atoms with Gasteiger partial charge in [-0.15, -0.1) is 0 Å². The number of nitrogens with two attached hydrogens (primary N) is 1. The number of carbonyl (C=O) groups excluding carboxylic acids is 2. The highest BCUT2D eigenvalue weighted by Gasteiger charge is 2.20. The van der Waals surface area contributed by atoms with Crippen LogP contribution in [0.3, 0.4) is 0 Å². The van der Waals surface area contributed by atoms with E-state index in [0.29, 0.717) is 30.2 Å². The van der Waals surface area contributed by atoms with Gasteiger partial charge in [-0.3, -0.25) is 14.6 Å². The van der Waals surface area contributed by atoms with Crippen molar-refractivity contribution < 1.29 is 18.7 Å². The molecule has 168 valence electrons. The molecule has 0 aliphatic rings. The van der Waals surface area contributed by atoms with E-state index in [-0.39, 0.29) is 23.0 Å². The monoisotopic (exact) mass is 448 g/mol. The molecule has 0 saturated heterocycles. The Balaban J connectivity index is 1.52. The second-order valence-corrected chi connectivity index (χ2v) is 6.75. The molecule has 0 aliphatic heterocycles. The fraction of sp³-hybridized carbons (Fsp3) is 0.143. The Morgan fingerprint density at radius 1 is 1.27 bits per heavy atom. The Kier molecular flexibility index (Phi) is 6.36. The van der Waals surface area contributed by atoms with Crippen molar-refractivity contribution in [2.45, 2.75) is 0 Å². The summed E-state index contributed by atoms with van der Waals surface area (Å²) in [5.74, 6) is -0.536. The maximum absolute atomic E-state index is 12.7. The minimum absolute atomic E-state index is 0.0141. The third-order valence-electron chi connectivity index (χ3n) is 4.46. The second-order valence-electron chi connectivity index (χ2n) is 6.75. The maximum atomic E-state index is 12.7. The number of nitrogens with one attached hydrogen (secondary N) is 2. The molecule has 4 heterocycles. The van der Waals surface area contributed by atoms with E-state index in [0.717, 1.165) is 0 Å². The first-order chi connectivity index (χ1) is 16.0. The summed E-state index contributed by atoms with van der Waals surface area (Å²) in [6.45, 7) is 1.11. The van der Waals surface area contributed by atoms with Crippen LogP contribution >= 0.6 is 0 Å². The molecular weight excluding hydrogens is 428 g/mol. The van der Waals surface area contributed by atoms with E-state index in [2.05, 4.69) is 30.7 Å². The zero-order chi connectivity index (χ0) is 23.2. The second kappa shape index (κ2) is 9.70. The van der Waals surface area contributed by atoms with Gasteiger partial charge in [0, 0.05) is 31.6 Å². The van der Waals surface area contributed by atoms with Gasteiger partial charge < -0.3 is 25.5 Å². The third-order valence-corrected chi connectivity index (χ3v) is 4.46. The van der Waals surface area contributed by atoms with E-state index in [1.165, 1.54) is 17.1 Å². The summed E-state index contributed by atoms with van der Waals surface area (Å²) in [4.78, 5) is 37.0. The van der Waals surface area contributed by atoms with Crippen LogP contribution < -0.4 is 16.4 Å². The number of primary amides is 1. The molecule has 0 saturated carbocycles. The van der Waals surface area contributed by atoms with Crippen LogP contribution in [-0.2, 0) is 4.74 Å². The smallest absolute Gasteiger partial charge is 0.277 e. The normalized spacial score (nSPS) is 10.7. The van der Waals surface area contributed by atoms with Crippen molar-refractivity contribution in [2.24, 2.45) is 5.73 Å². The Labute approximate surface area is 187 Å². The quantitative estimate of drug-likeness (QED) is 0.323. The van der Waals surface area contributed by atoms with E-state index < -0.39 is 11.8 Å². The number of hydrogen-bond donors (Lipinski definition) is 3.